The molecule has 3 aromatic rings. The highest BCUT2D eigenvalue weighted by molar-refractivity contribution is 6.30. The van der Waals surface area contributed by atoms with Crippen molar-refractivity contribution in [2.75, 3.05) is 10.6 Å². The molecule has 198 valence electrons. The fourth-order valence-electron chi connectivity index (χ4n) is 5.43. The van der Waals surface area contributed by atoms with Gasteiger partial charge in [-0.3, -0.25) is 9.36 Å². The Labute approximate surface area is 217 Å². The Bertz CT molecular complexity index is 1270. The first-order chi connectivity index (χ1) is 17.8. The van der Waals surface area contributed by atoms with Gasteiger partial charge in [0.1, 0.15) is 11.2 Å². The number of fused-ring (bicyclic) bond motifs is 1. The van der Waals surface area contributed by atoms with Crippen molar-refractivity contribution in [1.82, 2.24) is 19.5 Å². The molecule has 2 aromatic heterocycles. The van der Waals surface area contributed by atoms with E-state index in [1.165, 1.54) is 0 Å². The van der Waals surface area contributed by atoms with Gasteiger partial charge in [0.15, 0.2) is 17.3 Å². The molecule has 2 aliphatic rings. The molecule has 0 radical (unpaired) electrons. The maximum Gasteiger partial charge on any atom is 0.224 e. The van der Waals surface area contributed by atoms with Crippen LogP contribution < -0.4 is 16.4 Å². The van der Waals surface area contributed by atoms with Crippen LogP contribution in [0.3, 0.4) is 0 Å². The van der Waals surface area contributed by atoms with Crippen LogP contribution >= 0.6 is 11.6 Å². The summed E-state index contributed by atoms with van der Waals surface area (Å²) >= 11 is 5.79. The highest BCUT2D eigenvalue weighted by atomic mass is 35.5. The second kappa shape index (κ2) is 10.7. The Morgan fingerprint density at radius 3 is 2.49 bits per heavy atom. The average Bonchev–Trinajstić information content (AvgIpc) is 3.07. The van der Waals surface area contributed by atoms with Gasteiger partial charge in [0, 0.05) is 23.0 Å². The molecule has 2 fully saturated rings. The van der Waals surface area contributed by atoms with Crippen molar-refractivity contribution in [1.29, 1.82) is 0 Å². The number of primary amides is 1. The molecule has 0 unspecified atom stereocenters. The molecular formula is C25H30ClF2N7O2. The van der Waals surface area contributed by atoms with Gasteiger partial charge in [-0.2, -0.15) is 4.98 Å². The molecular weight excluding hydrogens is 504 g/mol. The zero-order valence-electron chi connectivity index (χ0n) is 20.3. The zero-order valence-corrected chi connectivity index (χ0v) is 21.0. The fourth-order valence-corrected chi connectivity index (χ4v) is 5.63. The predicted octanol–water partition coefficient (Wildman–Crippen LogP) is 4.82. The van der Waals surface area contributed by atoms with E-state index in [1.807, 2.05) is 4.57 Å². The second-order valence-corrected chi connectivity index (χ2v) is 10.4. The average molecular weight is 534 g/mol. The summed E-state index contributed by atoms with van der Waals surface area (Å²) in [6, 6.07) is 1.97. The maximum atomic E-state index is 14.6. The normalized spacial score (nSPS) is 24.5. The smallest absolute Gasteiger partial charge is 0.224 e. The molecule has 0 aliphatic heterocycles. The van der Waals surface area contributed by atoms with Gasteiger partial charge in [-0.25, -0.2) is 18.7 Å². The lowest BCUT2D eigenvalue weighted by Gasteiger charge is -2.29. The maximum absolute atomic E-state index is 14.6. The number of aliphatic hydroxyl groups excluding tert-OH is 1. The molecule has 2 heterocycles. The van der Waals surface area contributed by atoms with E-state index in [2.05, 4.69) is 20.6 Å². The summed E-state index contributed by atoms with van der Waals surface area (Å²) in [7, 11) is 0. The number of imidazole rings is 1. The minimum Gasteiger partial charge on any atom is -0.393 e. The molecule has 1 aromatic carbocycles. The van der Waals surface area contributed by atoms with E-state index in [4.69, 9.17) is 22.3 Å². The van der Waals surface area contributed by atoms with E-state index in [1.54, 1.807) is 6.20 Å². The van der Waals surface area contributed by atoms with Crippen molar-refractivity contribution < 1.29 is 18.7 Å². The number of carbonyl (C=O) groups is 1. The number of aromatic nitrogens is 4. The van der Waals surface area contributed by atoms with Crippen molar-refractivity contribution in [3.63, 3.8) is 0 Å². The third-order valence-electron chi connectivity index (χ3n) is 7.37. The topological polar surface area (TPSA) is 131 Å². The van der Waals surface area contributed by atoms with Gasteiger partial charge in [-0.05, 0) is 57.1 Å². The van der Waals surface area contributed by atoms with Crippen molar-refractivity contribution in [2.24, 2.45) is 11.7 Å². The number of benzene rings is 1. The molecule has 37 heavy (non-hydrogen) atoms. The highest BCUT2D eigenvalue weighted by Gasteiger charge is 2.30. The third kappa shape index (κ3) is 5.62. The van der Waals surface area contributed by atoms with Gasteiger partial charge in [0.25, 0.3) is 0 Å². The molecule has 2 saturated carbocycles. The number of halogens is 3. The molecule has 2 aliphatic carbocycles. The first-order valence-corrected chi connectivity index (χ1v) is 13.1. The lowest BCUT2D eigenvalue weighted by Crippen LogP contribution is -2.29. The van der Waals surface area contributed by atoms with E-state index in [0.29, 0.717) is 49.2 Å². The van der Waals surface area contributed by atoms with Gasteiger partial charge in [0.2, 0.25) is 17.8 Å². The number of rotatable bonds is 6. The summed E-state index contributed by atoms with van der Waals surface area (Å²) in [5.74, 6) is -1.61. The van der Waals surface area contributed by atoms with Gasteiger partial charge in [0.05, 0.1) is 12.3 Å². The van der Waals surface area contributed by atoms with Crippen LogP contribution in [0.25, 0.3) is 11.2 Å². The van der Waals surface area contributed by atoms with Crippen LogP contribution in [0.15, 0.2) is 18.3 Å². The van der Waals surface area contributed by atoms with Gasteiger partial charge >= 0.3 is 0 Å². The number of aliphatic hydroxyl groups is 1. The third-order valence-corrected chi connectivity index (χ3v) is 7.59. The van der Waals surface area contributed by atoms with Crippen LogP contribution in [0, 0.1) is 17.6 Å². The molecule has 9 nitrogen and oxygen atoms in total. The Balaban J connectivity index is 1.51. The van der Waals surface area contributed by atoms with Crippen LogP contribution in [0.5, 0.6) is 0 Å². The zero-order chi connectivity index (χ0) is 26.1. The molecule has 0 saturated heterocycles. The van der Waals surface area contributed by atoms with E-state index in [0.717, 1.165) is 37.8 Å². The standard InChI is InChI=1S/C25H30ClF2N7O2/c26-14-9-18(27)21(19(28)10-14)33-25-32-20-12-30-24(31-15-3-1-2-4-17(36)11-15)34-23(20)35(25)16-7-5-13(6-8-16)22(29)37/h9-10,12-13,15-17,36H,1-8,11H2,(H2,29,37)(H,32,33)(H,30,31,34)/t13?,15-,16?,17+/m1/s1. The Kier molecular flexibility index (Phi) is 7.43. The number of hydrogen-bond acceptors (Lipinski definition) is 7. The van der Waals surface area contributed by atoms with Crippen LogP contribution in [0.1, 0.15) is 63.8 Å². The Morgan fingerprint density at radius 1 is 1.08 bits per heavy atom. The first-order valence-electron chi connectivity index (χ1n) is 12.7. The summed E-state index contributed by atoms with van der Waals surface area (Å²) in [5.41, 5.74) is 6.11. The summed E-state index contributed by atoms with van der Waals surface area (Å²) in [6.45, 7) is 0. The largest absolute Gasteiger partial charge is 0.393 e. The molecule has 0 bridgehead atoms. The van der Waals surface area contributed by atoms with Crippen molar-refractivity contribution >= 4 is 46.3 Å². The molecule has 1 amide bonds. The van der Waals surface area contributed by atoms with Crippen LogP contribution in [0.2, 0.25) is 5.02 Å². The predicted molar refractivity (Wildman–Crippen MR) is 137 cm³/mol. The lowest BCUT2D eigenvalue weighted by molar-refractivity contribution is -0.122. The first kappa shape index (κ1) is 25.6. The van der Waals surface area contributed by atoms with E-state index in [-0.39, 0.29) is 46.7 Å². The number of hydrogen-bond donors (Lipinski definition) is 4. The van der Waals surface area contributed by atoms with Crippen LogP contribution in [-0.2, 0) is 4.79 Å². The van der Waals surface area contributed by atoms with E-state index >= 15 is 0 Å². The molecule has 2 atom stereocenters. The summed E-state index contributed by atoms with van der Waals surface area (Å²) in [5, 5.41) is 16.3. The minimum absolute atomic E-state index is 0.0344. The van der Waals surface area contributed by atoms with Crippen molar-refractivity contribution in [3.05, 3.63) is 35.0 Å². The van der Waals surface area contributed by atoms with Gasteiger partial charge in [-0.15, -0.1) is 0 Å². The number of amides is 1. The van der Waals surface area contributed by atoms with Gasteiger partial charge in [-0.1, -0.05) is 24.4 Å². The van der Waals surface area contributed by atoms with Crippen LogP contribution in [0.4, 0.5) is 26.4 Å². The molecule has 0 spiro atoms. The number of nitrogens with zero attached hydrogens (tertiary/aromatic N) is 4. The highest BCUT2D eigenvalue weighted by Crippen LogP contribution is 2.38. The second-order valence-electron chi connectivity index (χ2n) is 10.0. The summed E-state index contributed by atoms with van der Waals surface area (Å²) in [6.07, 6.45) is 7.93. The quantitative estimate of drug-likeness (QED) is 0.334. The molecule has 5 rings (SSSR count). The monoisotopic (exact) mass is 533 g/mol. The van der Waals surface area contributed by atoms with Crippen molar-refractivity contribution in [2.45, 2.75) is 76.0 Å². The Morgan fingerprint density at radius 2 is 1.78 bits per heavy atom. The fraction of sp³-hybridized carbons (Fsp3) is 0.520. The minimum atomic E-state index is -0.846. The number of nitrogens with one attached hydrogen (secondary N) is 2. The number of carbonyl (C=O) groups excluding carboxylic acids is 1. The van der Waals surface area contributed by atoms with E-state index in [9.17, 15) is 18.7 Å². The molecule has 12 heteroatoms. The van der Waals surface area contributed by atoms with E-state index < -0.39 is 11.6 Å². The van der Waals surface area contributed by atoms with Gasteiger partial charge < -0.3 is 21.5 Å². The summed E-state index contributed by atoms with van der Waals surface area (Å²) in [4.78, 5) is 25.4. The van der Waals surface area contributed by atoms with Crippen molar-refractivity contribution in [3.8, 4) is 0 Å². The Hall–Kier alpha value is -3.05. The summed E-state index contributed by atoms with van der Waals surface area (Å²) < 4.78 is 31.1. The number of anilines is 3. The SMILES string of the molecule is NC(=O)C1CCC(n2c(Nc3c(F)cc(Cl)cc3F)nc3cnc(N[C@@H]4CCCC[C@H](O)C4)nc32)CC1. The lowest BCUT2D eigenvalue weighted by atomic mass is 9.85. The number of nitrogens with two attached hydrogens (primary N) is 1. The molecule has 5 N–H and O–H groups in total. The van der Waals surface area contributed by atoms with Crippen LogP contribution in [-0.4, -0.2) is 42.7 Å².